The lowest BCUT2D eigenvalue weighted by Gasteiger charge is -2.15. The van der Waals surface area contributed by atoms with Crippen molar-refractivity contribution in [2.45, 2.75) is 44.7 Å². The molecule has 2 heterocycles. The predicted molar refractivity (Wildman–Crippen MR) is 108 cm³/mol. The Morgan fingerprint density at radius 3 is 2.65 bits per heavy atom. The zero-order valence-corrected chi connectivity index (χ0v) is 17.7. The van der Waals surface area contributed by atoms with E-state index >= 15 is 0 Å². The number of carbonyl (C=O) groups is 1. The number of ether oxygens (including phenoxy) is 3. The number of hydrogen-bond donors (Lipinski definition) is 0. The van der Waals surface area contributed by atoms with E-state index in [1.807, 2.05) is 12.1 Å². The zero-order chi connectivity index (χ0) is 22.1. The molecule has 1 fully saturated rings. The molecule has 1 aliphatic heterocycles. The molecular formula is C21H21ClN2O7. The fourth-order valence-corrected chi connectivity index (χ4v) is 4.26. The maximum absolute atomic E-state index is 12.9. The highest BCUT2D eigenvalue weighted by molar-refractivity contribution is 6.30. The predicted octanol–water partition coefficient (Wildman–Crippen LogP) is 3.57. The summed E-state index contributed by atoms with van der Waals surface area (Å²) in [6, 6.07) is 7.34. The Kier molecular flexibility index (Phi) is 6.08. The van der Waals surface area contributed by atoms with Gasteiger partial charge in [-0.2, -0.15) is 0 Å². The molecule has 1 aliphatic carbocycles. The minimum Gasteiger partial charge on any atom is -0.424 e. The van der Waals surface area contributed by atoms with E-state index in [4.69, 9.17) is 25.8 Å². The molecule has 0 saturated heterocycles. The van der Waals surface area contributed by atoms with Gasteiger partial charge in [0.05, 0.1) is 24.3 Å². The average Bonchev–Trinajstić information content (AvgIpc) is 3.34. The number of hydrogen-bond acceptors (Lipinski definition) is 8. The number of carbonyl (C=O) groups excluding carboxylic acids is 1. The summed E-state index contributed by atoms with van der Waals surface area (Å²) in [5, 5.41) is 10.5. The van der Waals surface area contributed by atoms with E-state index in [1.54, 1.807) is 25.3 Å². The summed E-state index contributed by atoms with van der Waals surface area (Å²) in [6.45, 7) is 2.02. The second-order valence-electron chi connectivity index (χ2n) is 7.58. The van der Waals surface area contributed by atoms with Crippen molar-refractivity contribution in [2.24, 2.45) is 5.92 Å². The Morgan fingerprint density at radius 2 is 1.97 bits per heavy atom. The minimum atomic E-state index is -0.864. The Balaban J connectivity index is 1.54. The lowest BCUT2D eigenvalue weighted by molar-refractivity contribution is -0.770. The summed E-state index contributed by atoms with van der Waals surface area (Å²) in [4.78, 5) is 32.6. The topological polar surface area (TPSA) is 110 Å². The highest BCUT2D eigenvalue weighted by Gasteiger charge is 2.42. The van der Waals surface area contributed by atoms with Gasteiger partial charge in [-0.3, -0.25) is 9.78 Å². The monoisotopic (exact) mass is 448 g/mol. The molecule has 9 nitrogen and oxygen atoms in total. The van der Waals surface area contributed by atoms with Gasteiger partial charge in [-0.1, -0.05) is 23.7 Å². The minimum absolute atomic E-state index is 0.143. The van der Waals surface area contributed by atoms with Crippen LogP contribution in [0.25, 0.3) is 0 Å². The first-order chi connectivity index (χ1) is 14.9. The van der Waals surface area contributed by atoms with E-state index in [2.05, 4.69) is 9.82 Å². The van der Waals surface area contributed by atoms with Crippen LogP contribution in [0.1, 0.15) is 41.3 Å². The molecule has 2 aliphatic rings. The quantitative estimate of drug-likeness (QED) is 0.374. The average molecular weight is 449 g/mol. The molecule has 4 rings (SSSR count). The standard InChI is InChI=1S/C21H21ClN2O7/c1-11-19(30-21(25)13-7-17(28-2)18(8-13)31-24(26)27)16-10-29-20(15(16)9-23-11)12-3-5-14(22)6-4-12/h3-6,9,13,17-18,20H,7-8,10H2,1-2H3/t13-,17-,18-,20+/m1/s1. The summed E-state index contributed by atoms with van der Waals surface area (Å²) in [5.41, 5.74) is 3.07. The molecule has 10 heteroatoms. The van der Waals surface area contributed by atoms with Gasteiger partial charge < -0.3 is 19.0 Å². The van der Waals surface area contributed by atoms with Crippen molar-refractivity contribution in [1.82, 2.24) is 4.98 Å². The van der Waals surface area contributed by atoms with Crippen LogP contribution in [0.3, 0.4) is 0 Å². The van der Waals surface area contributed by atoms with Crippen molar-refractivity contribution in [3.05, 3.63) is 68.0 Å². The van der Waals surface area contributed by atoms with Gasteiger partial charge in [0.15, 0.2) is 5.75 Å². The summed E-state index contributed by atoms with van der Waals surface area (Å²) in [5.74, 6) is -0.712. The lowest BCUT2D eigenvalue weighted by Crippen LogP contribution is -2.27. The number of fused-ring (bicyclic) bond motifs is 1. The van der Waals surface area contributed by atoms with Crippen LogP contribution < -0.4 is 4.74 Å². The molecule has 31 heavy (non-hydrogen) atoms. The van der Waals surface area contributed by atoms with Gasteiger partial charge in [-0.25, -0.2) is 0 Å². The molecule has 1 aromatic heterocycles. The van der Waals surface area contributed by atoms with Gasteiger partial charge in [-0.05, 0) is 37.5 Å². The van der Waals surface area contributed by atoms with Gasteiger partial charge in [0, 0.05) is 29.5 Å². The fourth-order valence-electron chi connectivity index (χ4n) is 4.14. The molecule has 0 amide bonds. The molecule has 0 unspecified atom stereocenters. The van der Waals surface area contributed by atoms with Crippen molar-refractivity contribution in [3.63, 3.8) is 0 Å². The van der Waals surface area contributed by atoms with Crippen molar-refractivity contribution < 1.29 is 28.9 Å². The van der Waals surface area contributed by atoms with Crippen LogP contribution in [0.4, 0.5) is 0 Å². The summed E-state index contributed by atoms with van der Waals surface area (Å²) >= 11 is 5.98. The Morgan fingerprint density at radius 1 is 1.26 bits per heavy atom. The molecule has 0 bridgehead atoms. The molecule has 4 atom stereocenters. The largest absolute Gasteiger partial charge is 0.424 e. The van der Waals surface area contributed by atoms with Gasteiger partial charge >= 0.3 is 5.97 Å². The maximum atomic E-state index is 12.9. The fraction of sp³-hybridized carbons (Fsp3) is 0.429. The molecule has 164 valence electrons. The molecular weight excluding hydrogens is 428 g/mol. The Labute approximate surface area is 183 Å². The molecule has 1 aromatic carbocycles. The summed E-state index contributed by atoms with van der Waals surface area (Å²) in [6.07, 6.45) is 0.450. The number of benzene rings is 1. The number of aromatic nitrogens is 1. The first kappa shape index (κ1) is 21.5. The van der Waals surface area contributed by atoms with E-state index < -0.39 is 29.2 Å². The van der Waals surface area contributed by atoms with Gasteiger partial charge in [0.25, 0.3) is 5.09 Å². The van der Waals surface area contributed by atoms with Crippen LogP contribution in [0.2, 0.25) is 5.02 Å². The second kappa shape index (κ2) is 8.78. The van der Waals surface area contributed by atoms with Crippen molar-refractivity contribution in [3.8, 4) is 5.75 Å². The smallest absolute Gasteiger partial charge is 0.314 e. The third-order valence-corrected chi connectivity index (χ3v) is 5.96. The molecule has 1 saturated carbocycles. The second-order valence-corrected chi connectivity index (χ2v) is 8.02. The van der Waals surface area contributed by atoms with Crippen LogP contribution in [0.5, 0.6) is 5.75 Å². The number of nitrogens with zero attached hydrogens (tertiary/aromatic N) is 2. The Hall–Kier alpha value is -2.75. The van der Waals surface area contributed by atoms with Crippen molar-refractivity contribution in [2.75, 3.05) is 7.11 Å². The molecule has 0 N–H and O–H groups in total. The normalized spacial score (nSPS) is 24.6. The van der Waals surface area contributed by atoms with E-state index in [0.717, 1.165) is 16.7 Å². The van der Waals surface area contributed by atoms with E-state index in [9.17, 15) is 14.9 Å². The van der Waals surface area contributed by atoms with Crippen LogP contribution in [-0.2, 0) is 25.7 Å². The van der Waals surface area contributed by atoms with Crippen molar-refractivity contribution in [1.29, 1.82) is 0 Å². The molecule has 2 aromatic rings. The van der Waals surface area contributed by atoms with E-state index in [-0.39, 0.29) is 25.6 Å². The van der Waals surface area contributed by atoms with E-state index in [0.29, 0.717) is 16.5 Å². The first-order valence-corrected chi connectivity index (χ1v) is 10.2. The van der Waals surface area contributed by atoms with Gasteiger partial charge in [0.1, 0.15) is 12.2 Å². The number of pyridine rings is 1. The number of aryl methyl sites for hydroxylation is 1. The van der Waals surface area contributed by atoms with Crippen LogP contribution in [0, 0.1) is 23.0 Å². The third-order valence-electron chi connectivity index (χ3n) is 5.71. The number of methoxy groups -OCH3 is 1. The summed E-state index contributed by atoms with van der Waals surface area (Å²) in [7, 11) is 1.43. The number of halogens is 1. The van der Waals surface area contributed by atoms with Gasteiger partial charge in [-0.15, -0.1) is 10.1 Å². The lowest BCUT2D eigenvalue weighted by atomic mass is 10.00. The van der Waals surface area contributed by atoms with Gasteiger partial charge in [0.2, 0.25) is 0 Å². The third kappa shape index (κ3) is 4.34. The first-order valence-electron chi connectivity index (χ1n) is 9.78. The number of rotatable bonds is 6. The van der Waals surface area contributed by atoms with Crippen LogP contribution in [0.15, 0.2) is 30.5 Å². The van der Waals surface area contributed by atoms with Crippen molar-refractivity contribution >= 4 is 17.6 Å². The molecule has 0 spiro atoms. The van der Waals surface area contributed by atoms with E-state index in [1.165, 1.54) is 7.11 Å². The van der Waals surface area contributed by atoms with Crippen LogP contribution in [-0.4, -0.2) is 35.4 Å². The Bertz CT molecular complexity index is 998. The summed E-state index contributed by atoms with van der Waals surface area (Å²) < 4.78 is 16.9. The van der Waals surface area contributed by atoms with Crippen LogP contribution >= 0.6 is 11.6 Å². The molecule has 0 radical (unpaired) electrons. The zero-order valence-electron chi connectivity index (χ0n) is 16.9. The highest BCUT2D eigenvalue weighted by atomic mass is 35.5. The maximum Gasteiger partial charge on any atom is 0.314 e. The number of esters is 1. The highest BCUT2D eigenvalue weighted by Crippen LogP contribution is 2.41. The SMILES string of the molecule is CO[C@@H]1C[C@@H](C(=O)Oc2c(C)ncc3c2CO[C@H]3c2ccc(Cl)cc2)C[C@H]1O[N+](=O)[O-].